The molecule has 0 spiro atoms. The first kappa shape index (κ1) is 11.9. The normalized spacial score (nSPS) is 57.2. The van der Waals surface area contributed by atoms with Crippen molar-refractivity contribution in [1.82, 2.24) is 0 Å². The molecule has 0 bridgehead atoms. The van der Waals surface area contributed by atoms with Crippen molar-refractivity contribution in [3.63, 3.8) is 0 Å². The number of hydrogen-bond acceptors (Lipinski definition) is 5. The maximum atomic E-state index is 5.68. The molecule has 0 N–H and O–H groups in total. The fourth-order valence-corrected chi connectivity index (χ4v) is 3.43. The van der Waals surface area contributed by atoms with Gasteiger partial charge < -0.3 is 14.2 Å². The summed E-state index contributed by atoms with van der Waals surface area (Å²) in [5.74, 6) is -0.350. The molecule has 17 heavy (non-hydrogen) atoms. The Labute approximate surface area is 101 Å². The summed E-state index contributed by atoms with van der Waals surface area (Å²) in [5, 5.41) is 0. The lowest BCUT2D eigenvalue weighted by Gasteiger charge is -2.54. The molecule has 3 fully saturated rings. The zero-order chi connectivity index (χ0) is 12.3. The number of rotatable bonds is 2. The predicted molar refractivity (Wildman–Crippen MR) is 57.9 cm³/mol. The Morgan fingerprint density at radius 3 is 2.71 bits per heavy atom. The summed E-state index contributed by atoms with van der Waals surface area (Å²) in [4.78, 5) is 10.9. The molecular formula is C12H20O5. The zero-order valence-corrected chi connectivity index (χ0v) is 10.8. The molecule has 5 nitrogen and oxygen atoms in total. The first-order chi connectivity index (χ1) is 8.07. The van der Waals surface area contributed by atoms with Gasteiger partial charge in [-0.2, -0.15) is 4.89 Å². The van der Waals surface area contributed by atoms with E-state index in [9.17, 15) is 0 Å². The highest BCUT2D eigenvalue weighted by Gasteiger charge is 2.73. The second kappa shape index (κ2) is 3.65. The molecule has 2 saturated heterocycles. The Hall–Kier alpha value is -0.200. The summed E-state index contributed by atoms with van der Waals surface area (Å²) in [7, 11) is 3.28. The Balaban J connectivity index is 1.95. The van der Waals surface area contributed by atoms with Crippen molar-refractivity contribution in [2.45, 2.75) is 51.0 Å². The van der Waals surface area contributed by atoms with Gasteiger partial charge in [0.05, 0.1) is 6.10 Å². The summed E-state index contributed by atoms with van der Waals surface area (Å²) in [6.45, 7) is 4.39. The fraction of sp³-hybridized carbons (Fsp3) is 1.00. The van der Waals surface area contributed by atoms with Gasteiger partial charge in [0, 0.05) is 26.1 Å². The molecule has 2 aliphatic heterocycles. The molecule has 0 amide bonds. The molecule has 3 aliphatic rings. The minimum absolute atomic E-state index is 0.00786. The van der Waals surface area contributed by atoms with Crippen LogP contribution in [0.4, 0.5) is 0 Å². The van der Waals surface area contributed by atoms with E-state index < -0.39 is 5.79 Å². The number of hydrogen-bond donors (Lipinski definition) is 0. The van der Waals surface area contributed by atoms with Crippen molar-refractivity contribution in [3.8, 4) is 0 Å². The van der Waals surface area contributed by atoms with Crippen LogP contribution < -0.4 is 0 Å². The van der Waals surface area contributed by atoms with E-state index in [4.69, 9.17) is 24.0 Å². The number of methoxy groups -OCH3 is 2. The topological polar surface area (TPSA) is 49.5 Å². The van der Waals surface area contributed by atoms with Gasteiger partial charge in [-0.1, -0.05) is 13.8 Å². The number of ether oxygens (including phenoxy) is 3. The number of fused-ring (bicyclic) bond motifs is 3. The van der Waals surface area contributed by atoms with Gasteiger partial charge in [0.1, 0.15) is 6.10 Å². The van der Waals surface area contributed by atoms with Crippen LogP contribution in [0, 0.1) is 11.3 Å². The quantitative estimate of drug-likeness (QED) is 0.544. The lowest BCUT2D eigenvalue weighted by atomic mass is 9.62. The van der Waals surface area contributed by atoms with Gasteiger partial charge >= 0.3 is 0 Å². The summed E-state index contributed by atoms with van der Waals surface area (Å²) in [6.07, 6.45) is 1.71. The molecule has 3 rings (SSSR count). The molecule has 5 heteroatoms. The van der Waals surface area contributed by atoms with Gasteiger partial charge in [0.25, 0.3) is 0 Å². The average Bonchev–Trinajstić information content (AvgIpc) is 3.08. The largest absolute Gasteiger partial charge is 0.364 e. The molecule has 0 radical (unpaired) electrons. The average molecular weight is 244 g/mol. The summed E-state index contributed by atoms with van der Waals surface area (Å²) >= 11 is 0. The third-order valence-corrected chi connectivity index (χ3v) is 4.86. The highest BCUT2D eigenvalue weighted by Crippen LogP contribution is 2.61. The molecule has 0 unspecified atom stereocenters. The Morgan fingerprint density at radius 1 is 1.29 bits per heavy atom. The van der Waals surface area contributed by atoms with E-state index >= 15 is 0 Å². The van der Waals surface area contributed by atoms with E-state index in [1.54, 1.807) is 14.2 Å². The SMILES string of the molecule is CO[C@H]1C[C@]2(C)[C@@H](C)C[C@@H]3O[C@@H]3[C@]2(OC)OO1. The van der Waals surface area contributed by atoms with Crippen molar-refractivity contribution in [2.75, 3.05) is 14.2 Å². The predicted octanol–water partition coefficient (Wildman–Crippen LogP) is 1.47. The first-order valence-electron chi connectivity index (χ1n) is 6.15. The molecule has 6 atom stereocenters. The van der Waals surface area contributed by atoms with Crippen LogP contribution in [-0.4, -0.2) is 38.5 Å². The summed E-state index contributed by atoms with van der Waals surface area (Å²) in [6, 6.07) is 0. The van der Waals surface area contributed by atoms with Gasteiger partial charge in [-0.05, 0) is 12.3 Å². The molecule has 0 aromatic rings. The van der Waals surface area contributed by atoms with Gasteiger partial charge in [-0.25, -0.2) is 4.89 Å². The second-order valence-corrected chi connectivity index (χ2v) is 5.57. The molecular weight excluding hydrogens is 224 g/mol. The van der Waals surface area contributed by atoms with Crippen molar-refractivity contribution >= 4 is 0 Å². The van der Waals surface area contributed by atoms with Crippen LogP contribution in [0.15, 0.2) is 0 Å². The Morgan fingerprint density at radius 2 is 2.06 bits per heavy atom. The van der Waals surface area contributed by atoms with Crippen LogP contribution in [-0.2, 0) is 24.0 Å². The van der Waals surface area contributed by atoms with E-state index in [-0.39, 0.29) is 23.9 Å². The van der Waals surface area contributed by atoms with Crippen LogP contribution in [0.1, 0.15) is 26.7 Å². The highest BCUT2D eigenvalue weighted by atomic mass is 17.3. The van der Waals surface area contributed by atoms with Crippen molar-refractivity contribution in [3.05, 3.63) is 0 Å². The van der Waals surface area contributed by atoms with Crippen LogP contribution in [0.5, 0.6) is 0 Å². The zero-order valence-electron chi connectivity index (χ0n) is 10.8. The molecule has 0 aromatic heterocycles. The monoisotopic (exact) mass is 244 g/mol. The maximum absolute atomic E-state index is 5.68. The van der Waals surface area contributed by atoms with Gasteiger partial charge in [-0.15, -0.1) is 0 Å². The molecule has 2 heterocycles. The van der Waals surface area contributed by atoms with E-state index in [1.807, 2.05) is 0 Å². The molecule has 1 aliphatic carbocycles. The standard InChI is InChI=1S/C12H20O5/c1-7-5-8-10(15-8)12(14-4)11(7,2)6-9(13-3)16-17-12/h7-10H,5-6H2,1-4H3/t7-,8-,9+,10-,11+,12-/m0/s1. The third kappa shape index (κ3) is 1.37. The summed E-state index contributed by atoms with van der Waals surface area (Å²) < 4.78 is 16.6. The molecule has 98 valence electrons. The molecule has 1 saturated carbocycles. The highest BCUT2D eigenvalue weighted by molar-refractivity contribution is 5.13. The summed E-state index contributed by atoms with van der Waals surface area (Å²) in [5.41, 5.74) is -0.154. The lowest BCUT2D eigenvalue weighted by Crippen LogP contribution is -2.64. The van der Waals surface area contributed by atoms with Gasteiger partial charge in [-0.3, -0.25) is 0 Å². The molecule has 0 aromatic carbocycles. The van der Waals surface area contributed by atoms with Gasteiger partial charge in [0.2, 0.25) is 5.79 Å². The van der Waals surface area contributed by atoms with Crippen molar-refractivity contribution in [1.29, 1.82) is 0 Å². The number of epoxide rings is 1. The van der Waals surface area contributed by atoms with E-state index in [0.717, 1.165) is 12.8 Å². The van der Waals surface area contributed by atoms with E-state index in [2.05, 4.69) is 13.8 Å². The third-order valence-electron chi connectivity index (χ3n) is 4.86. The maximum Gasteiger partial charge on any atom is 0.236 e. The minimum Gasteiger partial charge on any atom is -0.364 e. The first-order valence-corrected chi connectivity index (χ1v) is 6.15. The van der Waals surface area contributed by atoms with Crippen LogP contribution >= 0.6 is 0 Å². The van der Waals surface area contributed by atoms with Crippen molar-refractivity contribution in [2.24, 2.45) is 11.3 Å². The van der Waals surface area contributed by atoms with E-state index in [0.29, 0.717) is 5.92 Å². The smallest absolute Gasteiger partial charge is 0.236 e. The fourth-order valence-electron chi connectivity index (χ4n) is 3.43. The van der Waals surface area contributed by atoms with Crippen LogP contribution in [0.2, 0.25) is 0 Å². The second-order valence-electron chi connectivity index (χ2n) is 5.57. The Bertz CT molecular complexity index is 322. The lowest BCUT2D eigenvalue weighted by molar-refractivity contribution is -0.532. The van der Waals surface area contributed by atoms with E-state index in [1.165, 1.54) is 0 Å². The Kier molecular flexibility index (Phi) is 2.55. The van der Waals surface area contributed by atoms with Crippen LogP contribution in [0.3, 0.4) is 0 Å². The van der Waals surface area contributed by atoms with Crippen LogP contribution in [0.25, 0.3) is 0 Å². The minimum atomic E-state index is -0.787. The van der Waals surface area contributed by atoms with Crippen molar-refractivity contribution < 1.29 is 24.0 Å². The van der Waals surface area contributed by atoms with Gasteiger partial charge in [0.15, 0.2) is 6.29 Å².